The number of halogens is 3. The summed E-state index contributed by atoms with van der Waals surface area (Å²) < 4.78 is 28.0. The zero-order chi connectivity index (χ0) is 13.6. The Kier molecular flexibility index (Phi) is 3.33. The van der Waals surface area contributed by atoms with Gasteiger partial charge < -0.3 is 4.90 Å². The Labute approximate surface area is 118 Å². The number of benzene rings is 1. The van der Waals surface area contributed by atoms with Crippen molar-refractivity contribution in [2.45, 2.75) is 31.7 Å². The van der Waals surface area contributed by atoms with E-state index in [2.05, 4.69) is 15.9 Å². The van der Waals surface area contributed by atoms with E-state index >= 15 is 0 Å². The summed E-state index contributed by atoms with van der Waals surface area (Å²) in [5.74, 6) is -1.57. The average Bonchev–Trinajstić information content (AvgIpc) is 3.18. The topological polar surface area (TPSA) is 20.3 Å². The van der Waals surface area contributed by atoms with Gasteiger partial charge in [0.15, 0.2) is 0 Å². The standard InChI is InChI=1S/C14H14BrF2NO/c15-9-5-11(16)13(12(17)6-9)14(19)18(10-3-4-10)7-8-1-2-8/h5-6,8,10H,1-4,7H2. The molecule has 0 atom stereocenters. The Morgan fingerprint density at radius 2 is 1.79 bits per heavy atom. The number of carbonyl (C=O) groups excluding carboxylic acids is 1. The van der Waals surface area contributed by atoms with Crippen LogP contribution in [0, 0.1) is 17.6 Å². The highest BCUT2D eigenvalue weighted by molar-refractivity contribution is 9.10. The number of hydrogen-bond donors (Lipinski definition) is 0. The summed E-state index contributed by atoms with van der Waals surface area (Å²) in [6.07, 6.45) is 4.11. The van der Waals surface area contributed by atoms with Crippen LogP contribution in [0.3, 0.4) is 0 Å². The van der Waals surface area contributed by atoms with Crippen molar-refractivity contribution in [3.05, 3.63) is 33.8 Å². The van der Waals surface area contributed by atoms with E-state index < -0.39 is 23.1 Å². The number of carbonyl (C=O) groups is 1. The van der Waals surface area contributed by atoms with Crippen LogP contribution in [-0.4, -0.2) is 23.4 Å². The van der Waals surface area contributed by atoms with Gasteiger partial charge in [0.1, 0.15) is 17.2 Å². The van der Waals surface area contributed by atoms with Crippen molar-refractivity contribution >= 4 is 21.8 Å². The van der Waals surface area contributed by atoms with E-state index in [-0.39, 0.29) is 6.04 Å². The normalized spacial score (nSPS) is 18.5. The number of hydrogen-bond acceptors (Lipinski definition) is 1. The molecule has 2 fully saturated rings. The van der Waals surface area contributed by atoms with Crippen molar-refractivity contribution in [3.8, 4) is 0 Å². The van der Waals surface area contributed by atoms with Crippen LogP contribution in [0.4, 0.5) is 8.78 Å². The van der Waals surface area contributed by atoms with Crippen LogP contribution in [-0.2, 0) is 0 Å². The molecule has 0 radical (unpaired) electrons. The highest BCUT2D eigenvalue weighted by Crippen LogP contribution is 2.36. The molecule has 0 aliphatic heterocycles. The van der Waals surface area contributed by atoms with Crippen LogP contribution < -0.4 is 0 Å². The molecular weight excluding hydrogens is 316 g/mol. The van der Waals surface area contributed by atoms with Crippen molar-refractivity contribution in [1.29, 1.82) is 0 Å². The Morgan fingerprint density at radius 3 is 2.26 bits per heavy atom. The van der Waals surface area contributed by atoms with Crippen LogP contribution in [0.1, 0.15) is 36.0 Å². The Morgan fingerprint density at radius 1 is 1.21 bits per heavy atom. The molecule has 1 amide bonds. The molecule has 1 aromatic rings. The van der Waals surface area contributed by atoms with E-state index in [1.165, 1.54) is 0 Å². The molecule has 2 saturated carbocycles. The average molecular weight is 330 g/mol. The fourth-order valence-corrected chi connectivity index (χ4v) is 2.65. The number of rotatable bonds is 4. The third-order valence-electron chi connectivity index (χ3n) is 3.62. The van der Waals surface area contributed by atoms with Gasteiger partial charge in [0.05, 0.1) is 0 Å². The van der Waals surface area contributed by atoms with Gasteiger partial charge in [-0.15, -0.1) is 0 Å². The van der Waals surface area contributed by atoms with Crippen molar-refractivity contribution in [2.24, 2.45) is 5.92 Å². The molecule has 2 nitrogen and oxygen atoms in total. The lowest BCUT2D eigenvalue weighted by atomic mass is 10.1. The molecular formula is C14H14BrF2NO. The molecule has 19 heavy (non-hydrogen) atoms. The third-order valence-corrected chi connectivity index (χ3v) is 4.08. The molecule has 0 saturated heterocycles. The molecule has 0 unspecified atom stereocenters. The van der Waals surface area contributed by atoms with Crippen molar-refractivity contribution < 1.29 is 13.6 Å². The van der Waals surface area contributed by atoms with Crippen LogP contribution in [0.25, 0.3) is 0 Å². The van der Waals surface area contributed by atoms with Crippen LogP contribution in [0.15, 0.2) is 16.6 Å². The molecule has 3 rings (SSSR count). The summed E-state index contributed by atoms with van der Waals surface area (Å²) in [6, 6.07) is 2.45. The minimum Gasteiger partial charge on any atom is -0.335 e. The first-order valence-electron chi connectivity index (χ1n) is 6.52. The predicted octanol–water partition coefficient (Wildman–Crippen LogP) is 3.74. The van der Waals surface area contributed by atoms with E-state index in [0.717, 1.165) is 37.8 Å². The van der Waals surface area contributed by atoms with Crippen LogP contribution in [0.2, 0.25) is 0 Å². The number of amides is 1. The minimum absolute atomic E-state index is 0.176. The second-order valence-corrected chi connectivity index (χ2v) is 6.29. The van der Waals surface area contributed by atoms with E-state index in [4.69, 9.17) is 0 Å². The molecule has 2 aliphatic rings. The summed E-state index contributed by atoms with van der Waals surface area (Å²) in [5, 5.41) is 0. The molecule has 0 spiro atoms. The van der Waals surface area contributed by atoms with Gasteiger partial charge in [0.2, 0.25) is 0 Å². The minimum atomic E-state index is -0.793. The maximum Gasteiger partial charge on any atom is 0.260 e. The lowest BCUT2D eigenvalue weighted by Crippen LogP contribution is -2.36. The SMILES string of the molecule is O=C(c1c(F)cc(Br)cc1F)N(CC1CC1)C1CC1. The van der Waals surface area contributed by atoms with Crippen molar-refractivity contribution in [1.82, 2.24) is 4.90 Å². The largest absolute Gasteiger partial charge is 0.335 e. The van der Waals surface area contributed by atoms with E-state index in [9.17, 15) is 13.6 Å². The summed E-state index contributed by atoms with van der Waals surface area (Å²) in [4.78, 5) is 14.0. The van der Waals surface area contributed by atoms with Gasteiger partial charge in [-0.05, 0) is 43.7 Å². The molecule has 102 valence electrons. The third kappa shape index (κ3) is 2.81. The molecule has 0 aromatic heterocycles. The van der Waals surface area contributed by atoms with Gasteiger partial charge in [-0.3, -0.25) is 4.79 Å². The highest BCUT2D eigenvalue weighted by atomic mass is 79.9. The summed E-state index contributed by atoms with van der Waals surface area (Å²) in [7, 11) is 0. The molecule has 2 aliphatic carbocycles. The second kappa shape index (κ2) is 4.85. The second-order valence-electron chi connectivity index (χ2n) is 5.38. The lowest BCUT2D eigenvalue weighted by Gasteiger charge is -2.23. The predicted molar refractivity (Wildman–Crippen MR) is 70.8 cm³/mol. The first-order valence-corrected chi connectivity index (χ1v) is 7.31. The lowest BCUT2D eigenvalue weighted by molar-refractivity contribution is 0.0725. The zero-order valence-corrected chi connectivity index (χ0v) is 11.9. The van der Waals surface area contributed by atoms with Gasteiger partial charge in [0.25, 0.3) is 5.91 Å². The van der Waals surface area contributed by atoms with Gasteiger partial charge >= 0.3 is 0 Å². The van der Waals surface area contributed by atoms with Gasteiger partial charge in [-0.1, -0.05) is 15.9 Å². The number of nitrogens with zero attached hydrogens (tertiary/aromatic N) is 1. The summed E-state index contributed by atoms with van der Waals surface area (Å²) in [6.45, 7) is 0.637. The molecule has 1 aromatic carbocycles. The zero-order valence-electron chi connectivity index (χ0n) is 10.3. The van der Waals surface area contributed by atoms with E-state index in [1.54, 1.807) is 4.90 Å². The molecule has 0 heterocycles. The Hall–Kier alpha value is -0.970. The van der Waals surface area contributed by atoms with Crippen molar-refractivity contribution in [2.75, 3.05) is 6.54 Å². The molecule has 5 heteroatoms. The van der Waals surface area contributed by atoms with Gasteiger partial charge in [-0.2, -0.15) is 0 Å². The highest BCUT2D eigenvalue weighted by Gasteiger charge is 2.38. The van der Waals surface area contributed by atoms with Crippen LogP contribution in [0.5, 0.6) is 0 Å². The van der Waals surface area contributed by atoms with Gasteiger partial charge in [-0.25, -0.2) is 8.78 Å². The quantitative estimate of drug-likeness (QED) is 0.824. The molecule has 0 bridgehead atoms. The van der Waals surface area contributed by atoms with Gasteiger partial charge in [0, 0.05) is 17.1 Å². The van der Waals surface area contributed by atoms with Crippen molar-refractivity contribution in [3.63, 3.8) is 0 Å². The fraction of sp³-hybridized carbons (Fsp3) is 0.500. The summed E-state index contributed by atoms with van der Waals surface area (Å²) in [5.41, 5.74) is -0.421. The first kappa shape index (κ1) is 13.0. The molecule has 0 N–H and O–H groups in total. The Balaban J connectivity index is 1.88. The maximum absolute atomic E-state index is 13.8. The van der Waals surface area contributed by atoms with E-state index in [0.29, 0.717) is 16.9 Å². The summed E-state index contributed by atoms with van der Waals surface area (Å²) >= 11 is 3.02. The monoisotopic (exact) mass is 329 g/mol. The maximum atomic E-state index is 13.8. The Bertz CT molecular complexity index is 503. The fourth-order valence-electron chi connectivity index (χ4n) is 2.25. The van der Waals surface area contributed by atoms with E-state index in [1.807, 2.05) is 0 Å². The first-order chi connectivity index (χ1) is 9.06. The van der Waals surface area contributed by atoms with Crippen LogP contribution >= 0.6 is 15.9 Å². The smallest absolute Gasteiger partial charge is 0.260 e.